The number of amides is 1. The zero-order chi connectivity index (χ0) is 16.5. The number of rotatable bonds is 8. The first-order chi connectivity index (χ1) is 11.1. The Labute approximate surface area is 146 Å². The second-order valence-corrected chi connectivity index (χ2v) is 6.67. The van der Waals surface area contributed by atoms with E-state index >= 15 is 0 Å². The smallest absolute Gasteiger partial charge is 0.257 e. The van der Waals surface area contributed by atoms with Crippen LogP contribution in [0.5, 0.6) is 5.75 Å². The summed E-state index contributed by atoms with van der Waals surface area (Å²) in [7, 11) is 0. The van der Waals surface area contributed by atoms with E-state index in [0.717, 1.165) is 11.5 Å². The van der Waals surface area contributed by atoms with Crippen LogP contribution in [0.1, 0.15) is 11.1 Å². The highest BCUT2D eigenvalue weighted by atomic mass is 35.5. The molecule has 0 heterocycles. The van der Waals surface area contributed by atoms with Crippen molar-refractivity contribution in [1.29, 1.82) is 0 Å². The number of hydrogen-bond donors (Lipinski definition) is 1. The fourth-order valence-electron chi connectivity index (χ4n) is 1.87. The maximum absolute atomic E-state index is 11.7. The first kappa shape index (κ1) is 17.7. The Hall–Kier alpha value is -1.65. The topological polar surface area (TPSA) is 38.3 Å². The van der Waals surface area contributed by atoms with Crippen LogP contribution in [0.2, 0.25) is 5.02 Å². The number of carbonyl (C=O) groups is 1. The number of hydrogen-bond acceptors (Lipinski definition) is 3. The summed E-state index contributed by atoms with van der Waals surface area (Å²) in [6, 6.07) is 15.5. The van der Waals surface area contributed by atoms with Crippen molar-refractivity contribution < 1.29 is 9.53 Å². The van der Waals surface area contributed by atoms with Crippen molar-refractivity contribution in [3.8, 4) is 5.75 Å². The molecule has 0 spiro atoms. The molecule has 0 radical (unpaired) electrons. The molecule has 0 aliphatic heterocycles. The van der Waals surface area contributed by atoms with Crippen molar-refractivity contribution in [3.05, 3.63) is 64.7 Å². The van der Waals surface area contributed by atoms with Crippen molar-refractivity contribution in [3.63, 3.8) is 0 Å². The van der Waals surface area contributed by atoms with E-state index < -0.39 is 0 Å². The fraction of sp³-hybridized carbons (Fsp3) is 0.278. The molecule has 0 saturated heterocycles. The van der Waals surface area contributed by atoms with Gasteiger partial charge in [-0.05, 0) is 36.8 Å². The van der Waals surface area contributed by atoms with Gasteiger partial charge < -0.3 is 10.1 Å². The average molecular weight is 350 g/mol. The van der Waals surface area contributed by atoms with Gasteiger partial charge in [-0.25, -0.2) is 0 Å². The maximum Gasteiger partial charge on any atom is 0.257 e. The number of nitrogens with one attached hydrogen (secondary N) is 1. The van der Waals surface area contributed by atoms with E-state index in [1.807, 2.05) is 0 Å². The van der Waals surface area contributed by atoms with Gasteiger partial charge in [-0.3, -0.25) is 4.79 Å². The van der Waals surface area contributed by atoms with Crippen LogP contribution in [0.15, 0.2) is 48.5 Å². The van der Waals surface area contributed by atoms with Gasteiger partial charge >= 0.3 is 0 Å². The normalized spacial score (nSPS) is 10.3. The molecule has 122 valence electrons. The second-order valence-electron chi connectivity index (χ2n) is 5.13. The van der Waals surface area contributed by atoms with Gasteiger partial charge in [0.15, 0.2) is 6.61 Å². The van der Waals surface area contributed by atoms with Gasteiger partial charge in [0.1, 0.15) is 5.75 Å². The van der Waals surface area contributed by atoms with Crippen LogP contribution in [0.4, 0.5) is 0 Å². The monoisotopic (exact) mass is 349 g/mol. The molecule has 0 saturated carbocycles. The number of carbonyl (C=O) groups excluding carboxylic acids is 1. The standard InChI is InChI=1S/C18H20ClNO2S/c1-14-2-4-15(5-3-14)13-23-11-10-20-18(21)12-22-17-8-6-16(19)7-9-17/h2-9H,10-13H2,1H3,(H,20,21). The van der Waals surface area contributed by atoms with Crippen molar-refractivity contribution in [1.82, 2.24) is 5.32 Å². The summed E-state index contributed by atoms with van der Waals surface area (Å²) in [6.07, 6.45) is 0. The van der Waals surface area contributed by atoms with E-state index in [1.54, 1.807) is 36.0 Å². The summed E-state index contributed by atoms with van der Waals surface area (Å²) in [5, 5.41) is 3.49. The maximum atomic E-state index is 11.7. The Morgan fingerprint density at radius 3 is 2.52 bits per heavy atom. The molecule has 1 amide bonds. The van der Waals surface area contributed by atoms with Crippen molar-refractivity contribution in [2.24, 2.45) is 0 Å². The highest BCUT2D eigenvalue weighted by molar-refractivity contribution is 7.98. The van der Waals surface area contributed by atoms with Crippen LogP contribution in [0, 0.1) is 6.92 Å². The molecular weight excluding hydrogens is 330 g/mol. The van der Waals surface area contributed by atoms with Crippen molar-refractivity contribution in [2.45, 2.75) is 12.7 Å². The number of aryl methyl sites for hydroxylation is 1. The molecule has 0 bridgehead atoms. The fourth-order valence-corrected chi connectivity index (χ4v) is 2.81. The molecular formula is C18H20ClNO2S. The Morgan fingerprint density at radius 1 is 1.13 bits per heavy atom. The minimum atomic E-state index is -0.115. The predicted octanol–water partition coefficient (Wildman–Crippen LogP) is 4.08. The summed E-state index contributed by atoms with van der Waals surface area (Å²) in [5.74, 6) is 2.35. The van der Waals surface area contributed by atoms with Crippen LogP contribution in [-0.4, -0.2) is 24.8 Å². The summed E-state index contributed by atoms with van der Waals surface area (Å²) in [5.41, 5.74) is 2.57. The molecule has 5 heteroatoms. The number of ether oxygens (including phenoxy) is 1. The van der Waals surface area contributed by atoms with Gasteiger partial charge in [-0.1, -0.05) is 41.4 Å². The third-order valence-electron chi connectivity index (χ3n) is 3.14. The van der Waals surface area contributed by atoms with E-state index in [-0.39, 0.29) is 12.5 Å². The molecule has 0 atom stereocenters. The minimum absolute atomic E-state index is 0.0181. The van der Waals surface area contributed by atoms with Crippen LogP contribution >= 0.6 is 23.4 Å². The molecule has 0 unspecified atom stereocenters. The third-order valence-corrected chi connectivity index (χ3v) is 4.42. The second kappa shape index (κ2) is 9.48. The van der Waals surface area contributed by atoms with Crippen LogP contribution in [-0.2, 0) is 10.5 Å². The predicted molar refractivity (Wildman–Crippen MR) is 97.3 cm³/mol. The molecule has 0 aliphatic carbocycles. The molecule has 23 heavy (non-hydrogen) atoms. The van der Waals surface area contributed by atoms with E-state index in [0.29, 0.717) is 17.3 Å². The lowest BCUT2D eigenvalue weighted by molar-refractivity contribution is -0.122. The molecule has 1 N–H and O–H groups in total. The number of halogens is 1. The van der Waals surface area contributed by atoms with Gasteiger partial charge in [0.2, 0.25) is 0 Å². The summed E-state index contributed by atoms with van der Waals surface area (Å²) in [4.78, 5) is 11.7. The first-order valence-corrected chi connectivity index (χ1v) is 8.95. The Balaban J connectivity index is 1.56. The highest BCUT2D eigenvalue weighted by Crippen LogP contribution is 2.15. The largest absolute Gasteiger partial charge is 0.484 e. The molecule has 3 nitrogen and oxygen atoms in total. The molecule has 0 aromatic heterocycles. The van der Waals surface area contributed by atoms with Gasteiger partial charge in [-0.2, -0.15) is 11.8 Å². The Kier molecular flexibility index (Phi) is 7.30. The molecule has 2 rings (SSSR count). The zero-order valence-corrected chi connectivity index (χ0v) is 14.6. The average Bonchev–Trinajstić information content (AvgIpc) is 2.56. The Morgan fingerprint density at radius 2 is 1.83 bits per heavy atom. The van der Waals surface area contributed by atoms with Crippen LogP contribution in [0.3, 0.4) is 0 Å². The molecule has 2 aromatic rings. The summed E-state index contributed by atoms with van der Waals surface area (Å²) >= 11 is 7.59. The first-order valence-electron chi connectivity index (χ1n) is 7.42. The van der Waals surface area contributed by atoms with Gasteiger partial charge in [0.05, 0.1) is 0 Å². The van der Waals surface area contributed by atoms with Crippen molar-refractivity contribution >= 4 is 29.3 Å². The third kappa shape index (κ3) is 6.97. The van der Waals surface area contributed by atoms with E-state index in [4.69, 9.17) is 16.3 Å². The number of thioether (sulfide) groups is 1. The molecule has 2 aromatic carbocycles. The van der Waals surface area contributed by atoms with Gasteiger partial charge in [0.25, 0.3) is 5.91 Å². The lowest BCUT2D eigenvalue weighted by Gasteiger charge is -2.07. The SMILES string of the molecule is Cc1ccc(CSCCNC(=O)COc2ccc(Cl)cc2)cc1. The van der Waals surface area contributed by atoms with E-state index in [1.165, 1.54) is 11.1 Å². The summed E-state index contributed by atoms with van der Waals surface area (Å²) < 4.78 is 5.38. The minimum Gasteiger partial charge on any atom is -0.484 e. The van der Waals surface area contributed by atoms with Crippen LogP contribution < -0.4 is 10.1 Å². The summed E-state index contributed by atoms with van der Waals surface area (Å²) in [6.45, 7) is 2.74. The number of benzene rings is 2. The lowest BCUT2D eigenvalue weighted by Crippen LogP contribution is -2.30. The van der Waals surface area contributed by atoms with Crippen LogP contribution in [0.25, 0.3) is 0 Å². The Bertz CT molecular complexity index is 614. The lowest BCUT2D eigenvalue weighted by atomic mass is 10.2. The molecule has 0 fully saturated rings. The quantitative estimate of drug-likeness (QED) is 0.730. The highest BCUT2D eigenvalue weighted by Gasteiger charge is 2.02. The zero-order valence-electron chi connectivity index (χ0n) is 13.0. The van der Waals surface area contributed by atoms with Gasteiger partial charge in [0, 0.05) is 23.1 Å². The van der Waals surface area contributed by atoms with Crippen molar-refractivity contribution in [2.75, 3.05) is 18.9 Å². The van der Waals surface area contributed by atoms with E-state index in [9.17, 15) is 4.79 Å². The molecule has 0 aliphatic rings. The van der Waals surface area contributed by atoms with Gasteiger partial charge in [-0.15, -0.1) is 0 Å². The van der Waals surface area contributed by atoms with E-state index in [2.05, 4.69) is 36.5 Å².